The van der Waals surface area contributed by atoms with Crippen molar-refractivity contribution in [2.24, 2.45) is 0 Å². The SMILES string of the molecule is COc1ncc(C)cc1C(=O)N(c1ccc(Oc2ccc(C)cc2)cc1)S(C)(=O)=O. The standard InChI is InChI=1S/C22H22N2O5S/c1-15-5-9-18(10-6-15)29-19-11-7-17(8-12-19)24(30(4,26)27)22(25)20-13-16(2)14-23-21(20)28-3/h5-14H,1-4H3. The van der Waals surface area contributed by atoms with Gasteiger partial charge in [0.05, 0.1) is 19.1 Å². The molecule has 3 rings (SSSR count). The van der Waals surface area contributed by atoms with Gasteiger partial charge in [0.15, 0.2) is 0 Å². The zero-order valence-corrected chi connectivity index (χ0v) is 17.9. The van der Waals surface area contributed by atoms with Crippen LogP contribution in [0.3, 0.4) is 0 Å². The highest BCUT2D eigenvalue weighted by atomic mass is 32.2. The first-order valence-corrected chi connectivity index (χ1v) is 10.9. The third kappa shape index (κ3) is 4.77. The Morgan fingerprint density at radius 3 is 2.03 bits per heavy atom. The Bertz CT molecular complexity index is 1160. The highest BCUT2D eigenvalue weighted by molar-refractivity contribution is 7.92. The normalized spacial score (nSPS) is 11.1. The molecule has 156 valence electrons. The molecule has 0 spiro atoms. The molecule has 8 heteroatoms. The number of sulfonamides is 1. The van der Waals surface area contributed by atoms with Crippen molar-refractivity contribution in [3.63, 3.8) is 0 Å². The van der Waals surface area contributed by atoms with Crippen molar-refractivity contribution in [2.75, 3.05) is 17.7 Å². The van der Waals surface area contributed by atoms with Gasteiger partial charge in [-0.15, -0.1) is 0 Å². The molecule has 0 bridgehead atoms. The average Bonchev–Trinajstić information content (AvgIpc) is 2.70. The summed E-state index contributed by atoms with van der Waals surface area (Å²) < 4.78 is 36.5. The quantitative estimate of drug-likeness (QED) is 0.590. The van der Waals surface area contributed by atoms with E-state index in [0.717, 1.165) is 16.1 Å². The minimum absolute atomic E-state index is 0.0542. The summed E-state index contributed by atoms with van der Waals surface area (Å²) in [7, 11) is -2.55. The van der Waals surface area contributed by atoms with E-state index in [9.17, 15) is 13.2 Å². The number of aromatic nitrogens is 1. The lowest BCUT2D eigenvalue weighted by molar-refractivity contribution is 0.100. The van der Waals surface area contributed by atoms with E-state index in [0.29, 0.717) is 17.1 Å². The van der Waals surface area contributed by atoms with E-state index in [1.165, 1.54) is 25.4 Å². The topological polar surface area (TPSA) is 85.8 Å². The van der Waals surface area contributed by atoms with Crippen LogP contribution in [-0.2, 0) is 10.0 Å². The minimum atomic E-state index is -3.92. The highest BCUT2D eigenvalue weighted by Crippen LogP contribution is 2.28. The average molecular weight is 426 g/mol. The van der Waals surface area contributed by atoms with Gasteiger partial charge in [0.2, 0.25) is 15.9 Å². The van der Waals surface area contributed by atoms with E-state index in [1.54, 1.807) is 25.1 Å². The number of nitrogens with zero attached hydrogens (tertiary/aromatic N) is 2. The number of methoxy groups -OCH3 is 1. The number of carbonyl (C=O) groups is 1. The Hall–Kier alpha value is -3.39. The van der Waals surface area contributed by atoms with Crippen molar-refractivity contribution in [2.45, 2.75) is 13.8 Å². The molecule has 0 saturated carbocycles. The van der Waals surface area contributed by atoms with Crippen molar-refractivity contribution in [1.82, 2.24) is 4.98 Å². The van der Waals surface area contributed by atoms with Crippen molar-refractivity contribution in [1.29, 1.82) is 0 Å². The lowest BCUT2D eigenvalue weighted by Gasteiger charge is -2.21. The molecule has 0 saturated heterocycles. The van der Waals surface area contributed by atoms with E-state index >= 15 is 0 Å². The highest BCUT2D eigenvalue weighted by Gasteiger charge is 2.29. The fourth-order valence-electron chi connectivity index (χ4n) is 2.83. The number of ether oxygens (including phenoxy) is 2. The number of amides is 1. The second-order valence-corrected chi connectivity index (χ2v) is 8.64. The zero-order valence-electron chi connectivity index (χ0n) is 17.1. The number of aryl methyl sites for hydroxylation is 2. The number of hydrogen-bond acceptors (Lipinski definition) is 6. The van der Waals surface area contributed by atoms with Crippen molar-refractivity contribution in [3.8, 4) is 17.4 Å². The second-order valence-electron chi connectivity index (χ2n) is 6.81. The predicted molar refractivity (Wildman–Crippen MR) is 115 cm³/mol. The number of carbonyl (C=O) groups excluding carboxylic acids is 1. The fraction of sp³-hybridized carbons (Fsp3) is 0.182. The lowest BCUT2D eigenvalue weighted by Crippen LogP contribution is -2.36. The van der Waals surface area contributed by atoms with Crippen LogP contribution in [0.5, 0.6) is 17.4 Å². The van der Waals surface area contributed by atoms with Crippen molar-refractivity contribution in [3.05, 3.63) is 77.5 Å². The molecule has 0 fully saturated rings. The smallest absolute Gasteiger partial charge is 0.277 e. The maximum absolute atomic E-state index is 13.1. The number of hydrogen-bond donors (Lipinski definition) is 0. The molecule has 0 atom stereocenters. The molecule has 0 aliphatic carbocycles. The zero-order chi connectivity index (χ0) is 21.9. The monoisotopic (exact) mass is 426 g/mol. The maximum Gasteiger partial charge on any atom is 0.277 e. The Kier molecular flexibility index (Phi) is 6.07. The Balaban J connectivity index is 1.94. The van der Waals surface area contributed by atoms with Gasteiger partial charge in [0, 0.05) is 6.20 Å². The summed E-state index contributed by atoms with van der Waals surface area (Å²) in [6, 6.07) is 15.3. The van der Waals surface area contributed by atoms with Gasteiger partial charge in [-0.1, -0.05) is 17.7 Å². The molecule has 0 unspecified atom stereocenters. The van der Waals surface area contributed by atoms with Crippen LogP contribution >= 0.6 is 0 Å². The molecule has 0 radical (unpaired) electrons. The summed E-state index contributed by atoms with van der Waals surface area (Å²) >= 11 is 0. The largest absolute Gasteiger partial charge is 0.480 e. The Labute approximate surface area is 175 Å². The summed E-state index contributed by atoms with van der Waals surface area (Å²) in [5, 5.41) is 0. The van der Waals surface area contributed by atoms with Gasteiger partial charge < -0.3 is 9.47 Å². The molecule has 7 nitrogen and oxygen atoms in total. The number of anilines is 1. The fourth-order valence-corrected chi connectivity index (χ4v) is 3.74. The number of pyridine rings is 1. The van der Waals surface area contributed by atoms with Crippen molar-refractivity contribution >= 4 is 21.6 Å². The summed E-state index contributed by atoms with van der Waals surface area (Å²) in [5.74, 6) is 0.467. The molecular weight excluding hydrogens is 404 g/mol. The van der Waals surface area contributed by atoms with Crippen LogP contribution in [-0.4, -0.2) is 32.7 Å². The molecule has 2 aromatic carbocycles. The molecule has 0 aliphatic rings. The Morgan fingerprint density at radius 1 is 0.933 bits per heavy atom. The van der Waals surface area contributed by atoms with Crippen LogP contribution in [0.25, 0.3) is 0 Å². The molecule has 0 aliphatic heterocycles. The van der Waals surface area contributed by atoms with Gasteiger partial charge in [0.25, 0.3) is 5.91 Å². The molecule has 1 heterocycles. The summed E-state index contributed by atoms with van der Waals surface area (Å²) in [5.41, 5.74) is 2.06. The van der Waals surface area contributed by atoms with E-state index in [4.69, 9.17) is 9.47 Å². The van der Waals surface area contributed by atoms with Crippen LogP contribution in [0, 0.1) is 13.8 Å². The molecular formula is C22H22N2O5S. The first-order valence-electron chi connectivity index (χ1n) is 9.09. The molecule has 1 amide bonds. The van der Waals surface area contributed by atoms with Gasteiger partial charge in [-0.2, -0.15) is 0 Å². The van der Waals surface area contributed by atoms with E-state index in [1.807, 2.05) is 31.2 Å². The lowest BCUT2D eigenvalue weighted by atomic mass is 10.2. The molecule has 3 aromatic rings. The Morgan fingerprint density at radius 2 is 1.50 bits per heavy atom. The van der Waals surface area contributed by atoms with Crippen LogP contribution < -0.4 is 13.8 Å². The third-order valence-electron chi connectivity index (χ3n) is 4.26. The van der Waals surface area contributed by atoms with Crippen LogP contribution in [0.4, 0.5) is 5.69 Å². The van der Waals surface area contributed by atoms with Gasteiger partial charge in [-0.3, -0.25) is 4.79 Å². The van der Waals surface area contributed by atoms with Crippen molar-refractivity contribution < 1.29 is 22.7 Å². The summed E-state index contributed by atoms with van der Waals surface area (Å²) in [6.45, 7) is 3.74. The van der Waals surface area contributed by atoms with Gasteiger partial charge in [0.1, 0.15) is 17.1 Å². The van der Waals surface area contributed by atoms with Gasteiger partial charge in [-0.05, 0) is 61.9 Å². The second kappa shape index (κ2) is 8.54. The third-order valence-corrected chi connectivity index (χ3v) is 5.30. The number of rotatable bonds is 6. The summed E-state index contributed by atoms with van der Waals surface area (Å²) in [4.78, 5) is 17.2. The predicted octanol–water partition coefficient (Wildman–Crippen LogP) is 4.11. The van der Waals surface area contributed by atoms with E-state index in [-0.39, 0.29) is 17.1 Å². The van der Waals surface area contributed by atoms with Crippen LogP contribution in [0.2, 0.25) is 0 Å². The molecule has 30 heavy (non-hydrogen) atoms. The maximum atomic E-state index is 13.1. The molecule has 0 N–H and O–H groups in total. The van der Waals surface area contributed by atoms with E-state index < -0.39 is 15.9 Å². The van der Waals surface area contributed by atoms with Crippen LogP contribution in [0.15, 0.2) is 60.8 Å². The minimum Gasteiger partial charge on any atom is -0.480 e. The summed E-state index contributed by atoms with van der Waals surface area (Å²) in [6.07, 6.45) is 2.51. The first kappa shape index (κ1) is 21.3. The number of benzene rings is 2. The molecule has 1 aromatic heterocycles. The van der Waals surface area contributed by atoms with E-state index in [2.05, 4.69) is 4.98 Å². The first-order chi connectivity index (χ1) is 14.2. The van der Waals surface area contributed by atoms with Gasteiger partial charge >= 0.3 is 0 Å². The van der Waals surface area contributed by atoms with Crippen LogP contribution in [0.1, 0.15) is 21.5 Å². The van der Waals surface area contributed by atoms with Gasteiger partial charge in [-0.25, -0.2) is 17.7 Å².